The molecule has 158 valence electrons. The zero-order valence-corrected chi connectivity index (χ0v) is 16.4. The highest BCUT2D eigenvalue weighted by Gasteiger charge is 2.54. The smallest absolute Gasteiger partial charge is 0.266 e. The fourth-order valence-electron chi connectivity index (χ4n) is 3.32. The second-order valence-electron chi connectivity index (χ2n) is 6.89. The molecule has 1 saturated heterocycles. The number of hydrogen-bond acceptors (Lipinski definition) is 9. The zero-order chi connectivity index (χ0) is 21.5. The molecule has 1 aromatic heterocycles. The molecule has 9 nitrogen and oxygen atoms in total. The van der Waals surface area contributed by atoms with Crippen LogP contribution >= 0.6 is 11.8 Å². The largest absolute Gasteiger partial charge is 0.394 e. The van der Waals surface area contributed by atoms with Gasteiger partial charge in [0.15, 0.2) is 5.16 Å². The van der Waals surface area contributed by atoms with Crippen LogP contribution in [0.1, 0.15) is 0 Å². The van der Waals surface area contributed by atoms with Gasteiger partial charge >= 0.3 is 0 Å². The summed E-state index contributed by atoms with van der Waals surface area (Å²) in [7, 11) is 0. The molecule has 5 atom stereocenters. The van der Waals surface area contributed by atoms with E-state index in [2.05, 4.69) is 4.98 Å². The van der Waals surface area contributed by atoms with Crippen molar-refractivity contribution in [2.75, 3.05) is 6.61 Å². The molecule has 30 heavy (non-hydrogen) atoms. The van der Waals surface area contributed by atoms with E-state index in [9.17, 15) is 30.3 Å². The third-order valence-electron chi connectivity index (χ3n) is 4.93. The Labute approximate surface area is 174 Å². The van der Waals surface area contributed by atoms with Crippen molar-refractivity contribution in [3.8, 4) is 5.69 Å². The number of aromatic nitrogens is 2. The number of benzene rings is 2. The summed E-state index contributed by atoms with van der Waals surface area (Å²) < 4.78 is 6.57. The van der Waals surface area contributed by atoms with Gasteiger partial charge < -0.3 is 30.3 Å². The Morgan fingerprint density at radius 1 is 1.03 bits per heavy atom. The van der Waals surface area contributed by atoms with Gasteiger partial charge in [-0.05, 0) is 36.0 Å². The van der Waals surface area contributed by atoms with Crippen molar-refractivity contribution in [1.82, 2.24) is 9.55 Å². The Balaban J connectivity index is 1.87. The fourth-order valence-corrected chi connectivity index (χ4v) is 4.44. The summed E-state index contributed by atoms with van der Waals surface area (Å²) in [6, 6.07) is 15.3. The van der Waals surface area contributed by atoms with Crippen LogP contribution in [-0.2, 0) is 4.74 Å². The average Bonchev–Trinajstić information content (AvgIpc) is 2.76. The van der Waals surface area contributed by atoms with Gasteiger partial charge in [0.2, 0.25) is 0 Å². The molecule has 0 aliphatic carbocycles. The lowest BCUT2D eigenvalue weighted by atomic mass is 9.99. The van der Waals surface area contributed by atoms with E-state index in [1.165, 1.54) is 4.57 Å². The maximum Gasteiger partial charge on any atom is 0.266 e. The number of ether oxygens (including phenoxy) is 1. The molecule has 0 radical (unpaired) electrons. The van der Waals surface area contributed by atoms with Crippen molar-refractivity contribution in [3.63, 3.8) is 0 Å². The first-order chi connectivity index (χ1) is 14.4. The lowest BCUT2D eigenvalue weighted by molar-refractivity contribution is -0.305. The van der Waals surface area contributed by atoms with E-state index < -0.39 is 41.7 Å². The van der Waals surface area contributed by atoms with E-state index in [1.54, 1.807) is 54.6 Å². The van der Waals surface area contributed by atoms with E-state index in [0.717, 1.165) is 0 Å². The van der Waals surface area contributed by atoms with Gasteiger partial charge in [0.25, 0.3) is 10.7 Å². The number of aliphatic hydroxyl groups excluding tert-OH is 4. The molecule has 0 spiro atoms. The first-order valence-electron chi connectivity index (χ1n) is 9.17. The number of thioether (sulfide) groups is 1. The van der Waals surface area contributed by atoms with Crippen LogP contribution in [0, 0.1) is 0 Å². The number of para-hydroxylation sites is 2. The van der Waals surface area contributed by atoms with E-state index in [0.29, 0.717) is 28.4 Å². The van der Waals surface area contributed by atoms with Crippen LogP contribution < -0.4 is 5.56 Å². The lowest BCUT2D eigenvalue weighted by Crippen LogP contribution is -2.63. The normalized spacial score (nSPS) is 29.2. The van der Waals surface area contributed by atoms with Gasteiger partial charge in [0, 0.05) is 0 Å². The summed E-state index contributed by atoms with van der Waals surface area (Å²) in [6.45, 7) is -0.704. The molecular weight excluding hydrogens is 412 g/mol. The highest BCUT2D eigenvalue weighted by atomic mass is 32.2. The van der Waals surface area contributed by atoms with Gasteiger partial charge in [-0.2, -0.15) is 0 Å². The van der Waals surface area contributed by atoms with Crippen molar-refractivity contribution >= 4 is 22.7 Å². The molecule has 2 heterocycles. The Morgan fingerprint density at radius 2 is 1.70 bits per heavy atom. The van der Waals surface area contributed by atoms with Crippen LogP contribution in [0.3, 0.4) is 0 Å². The van der Waals surface area contributed by atoms with Crippen LogP contribution in [-0.4, -0.2) is 71.2 Å². The minimum atomic E-state index is -2.48. The highest BCUT2D eigenvalue weighted by molar-refractivity contribution is 8.00. The summed E-state index contributed by atoms with van der Waals surface area (Å²) in [5.41, 5.74) is 0.435. The van der Waals surface area contributed by atoms with Crippen LogP contribution in [0.5, 0.6) is 0 Å². The average molecular weight is 432 g/mol. The molecule has 2 aromatic carbocycles. The first-order valence-corrected chi connectivity index (χ1v) is 9.99. The first kappa shape index (κ1) is 20.9. The molecule has 0 unspecified atom stereocenters. The van der Waals surface area contributed by atoms with Crippen LogP contribution in [0.2, 0.25) is 0 Å². The van der Waals surface area contributed by atoms with Gasteiger partial charge in [0.1, 0.15) is 24.4 Å². The monoisotopic (exact) mass is 432 g/mol. The molecule has 1 aliphatic rings. The molecule has 1 fully saturated rings. The van der Waals surface area contributed by atoms with Gasteiger partial charge in [-0.25, -0.2) is 4.98 Å². The van der Waals surface area contributed by atoms with Gasteiger partial charge in [-0.3, -0.25) is 9.36 Å². The third kappa shape index (κ3) is 3.52. The van der Waals surface area contributed by atoms with Gasteiger partial charge in [-0.15, -0.1) is 0 Å². The fraction of sp³-hybridized carbons (Fsp3) is 0.300. The predicted octanol–water partition coefficient (Wildman–Crippen LogP) is -0.402. The molecule has 4 rings (SSSR count). The Bertz CT molecular complexity index is 1110. The molecule has 1 aliphatic heterocycles. The number of fused-ring (bicyclic) bond motifs is 1. The van der Waals surface area contributed by atoms with E-state index >= 15 is 0 Å². The summed E-state index contributed by atoms with van der Waals surface area (Å²) >= 11 is 0.503. The third-order valence-corrected chi connectivity index (χ3v) is 6.01. The van der Waals surface area contributed by atoms with Crippen LogP contribution in [0.25, 0.3) is 16.6 Å². The van der Waals surface area contributed by atoms with Crippen molar-refractivity contribution < 1.29 is 30.3 Å². The quantitative estimate of drug-likeness (QED) is 0.275. The Kier molecular flexibility index (Phi) is 5.64. The number of rotatable bonds is 4. The Morgan fingerprint density at radius 3 is 2.40 bits per heavy atom. The number of hydrogen-bond donors (Lipinski definition) is 5. The van der Waals surface area contributed by atoms with Crippen molar-refractivity contribution in [2.45, 2.75) is 34.7 Å². The van der Waals surface area contributed by atoms with Crippen LogP contribution in [0.4, 0.5) is 0 Å². The Hall–Kier alpha value is -2.31. The minimum absolute atomic E-state index is 0.00766. The molecule has 3 aromatic rings. The molecule has 0 amide bonds. The molecule has 0 saturated carbocycles. The van der Waals surface area contributed by atoms with Crippen molar-refractivity contribution in [2.24, 2.45) is 0 Å². The molecular formula is C20H20N2O7S. The second-order valence-corrected chi connectivity index (χ2v) is 8.04. The van der Waals surface area contributed by atoms with Crippen LogP contribution in [0.15, 0.2) is 64.5 Å². The maximum absolute atomic E-state index is 13.2. The SMILES string of the molecule is O=c1c2ccccc2nc(S[C@@]2(O)O[C@H](CO)[C@@H](O)[C@H](O)[C@H]2O)n1-c1ccccc1. The summed E-state index contributed by atoms with van der Waals surface area (Å²) in [5, 5.41) is 48.7. The van der Waals surface area contributed by atoms with Gasteiger partial charge in [-0.1, -0.05) is 30.3 Å². The molecule has 10 heteroatoms. The molecule has 0 bridgehead atoms. The standard InChI is InChI=1S/C20H20N2O7S/c23-10-14-15(24)16(25)17(26)20(28,29-14)30-19-21-13-9-5-4-8-12(13)18(27)22(19)11-6-2-1-3-7-11/h1-9,14-17,23-26,28H,10H2/t14-,15-,16+,17-,20+/m1/s1. The maximum atomic E-state index is 13.2. The minimum Gasteiger partial charge on any atom is -0.394 e. The van der Waals surface area contributed by atoms with E-state index in [1.807, 2.05) is 0 Å². The summed E-state index contributed by atoms with van der Waals surface area (Å²) in [5.74, 6) is 0. The lowest BCUT2D eigenvalue weighted by Gasteiger charge is -2.44. The second kappa shape index (κ2) is 8.08. The van der Waals surface area contributed by atoms with Crippen molar-refractivity contribution in [3.05, 3.63) is 65.0 Å². The van der Waals surface area contributed by atoms with Crippen molar-refractivity contribution in [1.29, 1.82) is 0 Å². The van der Waals surface area contributed by atoms with E-state index in [-0.39, 0.29) is 5.16 Å². The summed E-state index contributed by atoms with van der Waals surface area (Å²) in [6.07, 6.45) is -6.68. The highest BCUT2D eigenvalue weighted by Crippen LogP contribution is 2.40. The zero-order valence-electron chi connectivity index (χ0n) is 15.6. The van der Waals surface area contributed by atoms with Gasteiger partial charge in [0.05, 0.1) is 23.2 Å². The molecule has 5 N–H and O–H groups in total. The topological polar surface area (TPSA) is 145 Å². The summed E-state index contributed by atoms with van der Waals surface area (Å²) in [4.78, 5) is 17.7. The predicted molar refractivity (Wildman–Crippen MR) is 108 cm³/mol. The number of nitrogens with zero attached hydrogens (tertiary/aromatic N) is 2. The van der Waals surface area contributed by atoms with E-state index in [4.69, 9.17) is 4.74 Å². The number of aliphatic hydroxyl groups is 5.